The fourth-order valence-corrected chi connectivity index (χ4v) is 3.94. The van der Waals surface area contributed by atoms with Crippen molar-refractivity contribution in [2.45, 2.75) is 44.6 Å². The molecular formula is C18H25ClN2O. The monoisotopic (exact) mass is 320 g/mol. The summed E-state index contributed by atoms with van der Waals surface area (Å²) in [4.78, 5) is 14.7. The molecule has 0 bridgehead atoms. The Morgan fingerprint density at radius 1 is 1.32 bits per heavy atom. The van der Waals surface area contributed by atoms with Crippen molar-refractivity contribution in [3.8, 4) is 0 Å². The summed E-state index contributed by atoms with van der Waals surface area (Å²) >= 11 is 6.27. The topological polar surface area (TPSA) is 32.3 Å². The molecule has 2 heterocycles. The second-order valence-electron chi connectivity index (χ2n) is 6.58. The molecule has 1 amide bonds. The maximum atomic E-state index is 12.6. The first-order valence-electron chi connectivity index (χ1n) is 8.47. The molecule has 120 valence electrons. The third-order valence-corrected chi connectivity index (χ3v) is 5.41. The van der Waals surface area contributed by atoms with Crippen molar-refractivity contribution in [1.82, 2.24) is 10.2 Å². The van der Waals surface area contributed by atoms with Gasteiger partial charge in [0, 0.05) is 24.0 Å². The van der Waals surface area contributed by atoms with Crippen LogP contribution >= 0.6 is 11.6 Å². The Bertz CT molecular complexity index is 514. The zero-order valence-electron chi connectivity index (χ0n) is 13.1. The van der Waals surface area contributed by atoms with Crippen molar-refractivity contribution in [1.29, 1.82) is 0 Å². The van der Waals surface area contributed by atoms with Gasteiger partial charge in [-0.2, -0.15) is 0 Å². The van der Waals surface area contributed by atoms with Gasteiger partial charge in [0.2, 0.25) is 5.91 Å². The standard InChI is InChI=1S/C18H25ClN2O/c19-17-6-2-1-4-15(17)12-16-5-3-11-21(16)18(22)8-7-14-9-10-20-13-14/h1-2,4,6,14,16,20H,3,5,7-13H2. The fraction of sp³-hybridized carbons (Fsp3) is 0.611. The quantitative estimate of drug-likeness (QED) is 0.903. The second kappa shape index (κ2) is 7.47. The highest BCUT2D eigenvalue weighted by Crippen LogP contribution is 2.26. The first kappa shape index (κ1) is 15.8. The first-order valence-corrected chi connectivity index (χ1v) is 8.85. The minimum atomic E-state index is 0.328. The van der Waals surface area contributed by atoms with Gasteiger partial charge in [-0.15, -0.1) is 0 Å². The number of nitrogens with zero attached hydrogens (tertiary/aromatic N) is 1. The molecule has 0 aromatic heterocycles. The smallest absolute Gasteiger partial charge is 0.222 e. The normalized spacial score (nSPS) is 24.9. The molecular weight excluding hydrogens is 296 g/mol. The number of rotatable bonds is 5. The van der Waals surface area contributed by atoms with E-state index in [4.69, 9.17) is 11.6 Å². The van der Waals surface area contributed by atoms with E-state index in [0.29, 0.717) is 24.3 Å². The number of amides is 1. The molecule has 22 heavy (non-hydrogen) atoms. The summed E-state index contributed by atoms with van der Waals surface area (Å²) in [5, 5.41) is 4.19. The Hall–Kier alpha value is -1.06. The Morgan fingerprint density at radius 3 is 2.95 bits per heavy atom. The van der Waals surface area contributed by atoms with Gasteiger partial charge >= 0.3 is 0 Å². The molecule has 3 nitrogen and oxygen atoms in total. The molecule has 1 aromatic rings. The molecule has 4 heteroatoms. The van der Waals surface area contributed by atoms with Crippen molar-refractivity contribution in [3.05, 3.63) is 34.9 Å². The van der Waals surface area contributed by atoms with Crippen LogP contribution in [0.5, 0.6) is 0 Å². The summed E-state index contributed by atoms with van der Waals surface area (Å²) in [5.41, 5.74) is 1.16. The van der Waals surface area contributed by atoms with Gasteiger partial charge in [-0.05, 0) is 62.7 Å². The summed E-state index contributed by atoms with van der Waals surface area (Å²) in [7, 11) is 0. The minimum Gasteiger partial charge on any atom is -0.339 e. The molecule has 2 unspecified atom stereocenters. The Morgan fingerprint density at radius 2 is 2.18 bits per heavy atom. The Labute approximate surface area is 138 Å². The lowest BCUT2D eigenvalue weighted by Gasteiger charge is -2.25. The van der Waals surface area contributed by atoms with E-state index in [1.807, 2.05) is 18.2 Å². The van der Waals surface area contributed by atoms with Gasteiger partial charge in [-0.25, -0.2) is 0 Å². The van der Waals surface area contributed by atoms with Gasteiger partial charge in [-0.3, -0.25) is 4.79 Å². The second-order valence-corrected chi connectivity index (χ2v) is 6.98. The number of hydrogen-bond donors (Lipinski definition) is 1. The van der Waals surface area contributed by atoms with Crippen molar-refractivity contribution in [3.63, 3.8) is 0 Å². The van der Waals surface area contributed by atoms with Gasteiger partial charge < -0.3 is 10.2 Å². The number of nitrogens with one attached hydrogen (secondary N) is 1. The summed E-state index contributed by atoms with van der Waals surface area (Å²) in [6.07, 6.45) is 6.05. The maximum Gasteiger partial charge on any atom is 0.222 e. The molecule has 2 saturated heterocycles. The predicted octanol–water partition coefficient (Wildman–Crippen LogP) is 3.26. The first-order chi connectivity index (χ1) is 10.7. The number of halogens is 1. The lowest BCUT2D eigenvalue weighted by atomic mass is 10.0. The number of hydrogen-bond acceptors (Lipinski definition) is 2. The number of likely N-dealkylation sites (tertiary alicyclic amines) is 1. The third-order valence-electron chi connectivity index (χ3n) is 5.04. The van der Waals surface area contributed by atoms with Gasteiger partial charge in [0.05, 0.1) is 0 Å². The van der Waals surface area contributed by atoms with E-state index in [9.17, 15) is 4.79 Å². The predicted molar refractivity (Wildman–Crippen MR) is 90.1 cm³/mol. The van der Waals surface area contributed by atoms with E-state index >= 15 is 0 Å². The van der Waals surface area contributed by atoms with Crippen molar-refractivity contribution >= 4 is 17.5 Å². The van der Waals surface area contributed by atoms with Crippen LogP contribution in [0.2, 0.25) is 5.02 Å². The van der Waals surface area contributed by atoms with Crippen LogP contribution in [0.25, 0.3) is 0 Å². The Balaban J connectivity index is 1.55. The lowest BCUT2D eigenvalue weighted by Crippen LogP contribution is -2.37. The molecule has 2 aliphatic rings. The maximum absolute atomic E-state index is 12.6. The van der Waals surface area contributed by atoms with E-state index < -0.39 is 0 Å². The van der Waals surface area contributed by atoms with Crippen LogP contribution in [-0.2, 0) is 11.2 Å². The summed E-state index contributed by atoms with van der Waals surface area (Å²) in [6.45, 7) is 3.10. The summed E-state index contributed by atoms with van der Waals surface area (Å²) in [6, 6.07) is 8.32. The van der Waals surface area contributed by atoms with Crippen LogP contribution in [0.15, 0.2) is 24.3 Å². The van der Waals surface area contributed by atoms with Crippen LogP contribution in [0.3, 0.4) is 0 Å². The highest BCUT2D eigenvalue weighted by molar-refractivity contribution is 6.31. The summed E-state index contributed by atoms with van der Waals surface area (Å²) in [5.74, 6) is 1.02. The molecule has 0 spiro atoms. The van der Waals surface area contributed by atoms with E-state index in [-0.39, 0.29) is 0 Å². The molecule has 3 rings (SSSR count). The molecule has 0 radical (unpaired) electrons. The van der Waals surface area contributed by atoms with E-state index in [1.54, 1.807) is 0 Å². The van der Waals surface area contributed by atoms with Crippen LogP contribution in [0.1, 0.15) is 37.7 Å². The zero-order valence-corrected chi connectivity index (χ0v) is 13.8. The fourth-order valence-electron chi connectivity index (χ4n) is 3.73. The molecule has 1 aromatic carbocycles. The van der Waals surface area contributed by atoms with Crippen LogP contribution in [0.4, 0.5) is 0 Å². The van der Waals surface area contributed by atoms with Gasteiger partial charge in [0.15, 0.2) is 0 Å². The molecule has 2 fully saturated rings. The van der Waals surface area contributed by atoms with Crippen LogP contribution < -0.4 is 5.32 Å². The lowest BCUT2D eigenvalue weighted by molar-refractivity contribution is -0.132. The van der Waals surface area contributed by atoms with Gasteiger partial charge in [-0.1, -0.05) is 29.8 Å². The minimum absolute atomic E-state index is 0.328. The molecule has 0 aliphatic carbocycles. The highest BCUT2D eigenvalue weighted by Gasteiger charge is 2.29. The van der Waals surface area contributed by atoms with Crippen molar-refractivity contribution in [2.24, 2.45) is 5.92 Å². The van der Waals surface area contributed by atoms with Crippen LogP contribution in [0, 0.1) is 5.92 Å². The number of carbonyl (C=O) groups excluding carboxylic acids is 1. The third kappa shape index (κ3) is 3.82. The van der Waals surface area contributed by atoms with E-state index in [0.717, 1.165) is 55.9 Å². The SMILES string of the molecule is O=C(CCC1CCNC1)N1CCCC1Cc1ccccc1Cl. The molecule has 1 N–H and O–H groups in total. The summed E-state index contributed by atoms with van der Waals surface area (Å²) < 4.78 is 0. The number of carbonyl (C=O) groups is 1. The van der Waals surface area contributed by atoms with Crippen molar-refractivity contribution in [2.75, 3.05) is 19.6 Å². The van der Waals surface area contributed by atoms with E-state index in [1.165, 1.54) is 6.42 Å². The van der Waals surface area contributed by atoms with E-state index in [2.05, 4.69) is 16.3 Å². The Kier molecular flexibility index (Phi) is 5.37. The molecule has 2 aliphatic heterocycles. The van der Waals surface area contributed by atoms with Crippen molar-refractivity contribution < 1.29 is 4.79 Å². The average Bonchev–Trinajstić information content (AvgIpc) is 3.18. The van der Waals surface area contributed by atoms with Gasteiger partial charge in [0.1, 0.15) is 0 Å². The number of benzene rings is 1. The average molecular weight is 321 g/mol. The molecule has 2 atom stereocenters. The zero-order chi connectivity index (χ0) is 15.4. The van der Waals surface area contributed by atoms with Crippen LogP contribution in [-0.4, -0.2) is 36.5 Å². The molecule has 0 saturated carbocycles. The highest BCUT2D eigenvalue weighted by atomic mass is 35.5. The largest absolute Gasteiger partial charge is 0.339 e. The van der Waals surface area contributed by atoms with Gasteiger partial charge in [0.25, 0.3) is 0 Å².